The number of aliphatic imine (C=N–C) groups is 1. The normalized spacial score (nSPS) is 17.8. The zero-order chi connectivity index (χ0) is 18.9. The summed E-state index contributed by atoms with van der Waals surface area (Å²) in [5.74, 6) is 1.56. The molecule has 0 aromatic carbocycles. The molecule has 1 unspecified atom stereocenters. The number of hydrogen-bond acceptors (Lipinski definition) is 4. The number of hydrogen-bond donors (Lipinski definition) is 1. The molecule has 1 aliphatic rings. The fourth-order valence-corrected chi connectivity index (χ4v) is 3.36. The summed E-state index contributed by atoms with van der Waals surface area (Å²) in [7, 11) is 1.70. The lowest BCUT2D eigenvalue weighted by molar-refractivity contribution is 0.0536. The third-order valence-electron chi connectivity index (χ3n) is 4.75. The van der Waals surface area contributed by atoms with E-state index in [2.05, 4.69) is 32.7 Å². The van der Waals surface area contributed by atoms with Crippen LogP contribution in [0.4, 0.5) is 0 Å². The predicted molar refractivity (Wildman–Crippen MR) is 107 cm³/mol. The maximum atomic E-state index is 5.69. The largest absolute Gasteiger partial charge is 0.382 e. The van der Waals surface area contributed by atoms with Gasteiger partial charge in [0.1, 0.15) is 5.65 Å². The number of ether oxygens (including phenoxy) is 2. The molecule has 0 bridgehead atoms. The lowest BCUT2D eigenvalue weighted by Gasteiger charge is -2.21. The van der Waals surface area contributed by atoms with E-state index in [1.807, 2.05) is 24.4 Å². The maximum absolute atomic E-state index is 5.69. The lowest BCUT2D eigenvalue weighted by Crippen LogP contribution is -2.40. The molecule has 0 spiro atoms. The third-order valence-corrected chi connectivity index (χ3v) is 4.75. The van der Waals surface area contributed by atoms with Crippen molar-refractivity contribution in [1.82, 2.24) is 19.6 Å². The minimum Gasteiger partial charge on any atom is -0.382 e. The fourth-order valence-electron chi connectivity index (χ4n) is 3.36. The molecule has 1 saturated heterocycles. The lowest BCUT2D eigenvalue weighted by atomic mass is 10.1. The van der Waals surface area contributed by atoms with Crippen LogP contribution in [0.1, 0.15) is 19.0 Å². The summed E-state index contributed by atoms with van der Waals surface area (Å²) in [4.78, 5) is 11.8. The highest BCUT2D eigenvalue weighted by molar-refractivity contribution is 5.80. The van der Waals surface area contributed by atoms with Crippen LogP contribution >= 0.6 is 0 Å². The van der Waals surface area contributed by atoms with Gasteiger partial charge >= 0.3 is 0 Å². The van der Waals surface area contributed by atoms with E-state index in [1.54, 1.807) is 7.11 Å². The Kier molecular flexibility index (Phi) is 7.47. The van der Waals surface area contributed by atoms with Crippen LogP contribution in [0.2, 0.25) is 0 Å². The summed E-state index contributed by atoms with van der Waals surface area (Å²) < 4.78 is 12.8. The number of likely N-dealkylation sites (tertiary alicyclic amines) is 1. The van der Waals surface area contributed by atoms with Gasteiger partial charge in [-0.05, 0) is 25.5 Å². The van der Waals surface area contributed by atoms with E-state index in [4.69, 9.17) is 14.5 Å². The Bertz CT molecular complexity index is 697. The molecule has 148 valence electrons. The van der Waals surface area contributed by atoms with Crippen LogP contribution in [0.3, 0.4) is 0 Å². The zero-order valence-electron chi connectivity index (χ0n) is 16.4. The summed E-state index contributed by atoms with van der Waals surface area (Å²) >= 11 is 0. The first-order valence-electron chi connectivity index (χ1n) is 9.82. The van der Waals surface area contributed by atoms with Gasteiger partial charge in [-0.1, -0.05) is 6.07 Å². The van der Waals surface area contributed by atoms with E-state index >= 15 is 0 Å². The number of pyridine rings is 1. The number of methoxy groups -OCH3 is 1. The molecular formula is C20H31N5O2. The van der Waals surface area contributed by atoms with E-state index in [-0.39, 0.29) is 0 Å². The maximum Gasteiger partial charge on any atom is 0.193 e. The predicted octanol–water partition coefficient (Wildman–Crippen LogP) is 1.83. The van der Waals surface area contributed by atoms with E-state index in [0.717, 1.165) is 62.9 Å². The van der Waals surface area contributed by atoms with Crippen molar-refractivity contribution >= 4 is 11.6 Å². The average molecular weight is 374 g/mol. The van der Waals surface area contributed by atoms with Gasteiger partial charge in [-0.25, -0.2) is 4.98 Å². The first kappa shape index (κ1) is 19.6. The van der Waals surface area contributed by atoms with Gasteiger partial charge in [-0.15, -0.1) is 0 Å². The summed E-state index contributed by atoms with van der Waals surface area (Å²) in [6, 6.07) is 6.05. The van der Waals surface area contributed by atoms with Gasteiger partial charge < -0.3 is 24.1 Å². The third kappa shape index (κ3) is 5.68. The van der Waals surface area contributed by atoms with E-state index in [9.17, 15) is 0 Å². The second-order valence-electron chi connectivity index (χ2n) is 6.85. The van der Waals surface area contributed by atoms with Crippen LogP contribution < -0.4 is 5.32 Å². The monoisotopic (exact) mass is 373 g/mol. The van der Waals surface area contributed by atoms with Crippen molar-refractivity contribution in [2.45, 2.75) is 19.8 Å². The highest BCUT2D eigenvalue weighted by Gasteiger charge is 2.24. The number of fused-ring (bicyclic) bond motifs is 1. The van der Waals surface area contributed by atoms with Gasteiger partial charge in [0.05, 0.1) is 25.5 Å². The molecule has 1 fully saturated rings. The highest BCUT2D eigenvalue weighted by Crippen LogP contribution is 2.16. The Balaban J connectivity index is 1.50. The molecule has 7 heteroatoms. The van der Waals surface area contributed by atoms with E-state index < -0.39 is 0 Å². The molecule has 1 N–H and O–H groups in total. The van der Waals surface area contributed by atoms with Crippen LogP contribution in [0.5, 0.6) is 0 Å². The Morgan fingerprint density at radius 1 is 1.37 bits per heavy atom. The van der Waals surface area contributed by atoms with Crippen molar-refractivity contribution in [2.75, 3.05) is 53.1 Å². The van der Waals surface area contributed by atoms with E-state index in [1.165, 1.54) is 0 Å². The molecule has 2 aromatic heterocycles. The van der Waals surface area contributed by atoms with Crippen molar-refractivity contribution in [3.05, 3.63) is 36.3 Å². The van der Waals surface area contributed by atoms with Gasteiger partial charge in [0.25, 0.3) is 0 Å². The Morgan fingerprint density at radius 2 is 2.30 bits per heavy atom. The summed E-state index contributed by atoms with van der Waals surface area (Å²) in [5, 5.41) is 3.42. The van der Waals surface area contributed by atoms with Crippen molar-refractivity contribution in [1.29, 1.82) is 0 Å². The van der Waals surface area contributed by atoms with Crippen LogP contribution in [-0.4, -0.2) is 73.4 Å². The quantitative estimate of drug-likeness (QED) is 0.413. The number of nitrogens with zero attached hydrogens (tertiary/aromatic N) is 4. The van der Waals surface area contributed by atoms with Gasteiger partial charge in [0, 0.05) is 58.0 Å². The van der Waals surface area contributed by atoms with Crippen LogP contribution in [0.15, 0.2) is 35.6 Å². The van der Waals surface area contributed by atoms with Crippen molar-refractivity contribution < 1.29 is 9.47 Å². The van der Waals surface area contributed by atoms with Crippen molar-refractivity contribution in [3.63, 3.8) is 0 Å². The molecule has 0 radical (unpaired) electrons. The van der Waals surface area contributed by atoms with Gasteiger partial charge in [0.2, 0.25) is 0 Å². The Hall–Kier alpha value is -2.12. The molecule has 2 aromatic rings. The average Bonchev–Trinajstić information content (AvgIpc) is 3.31. The SMILES string of the molecule is CCNC(=NCCc1cn2ccccc2n1)N1CCC(COCCOC)C1. The topological polar surface area (TPSA) is 63.4 Å². The first-order chi connectivity index (χ1) is 13.3. The smallest absolute Gasteiger partial charge is 0.193 e. The Morgan fingerprint density at radius 3 is 3.11 bits per heavy atom. The number of rotatable bonds is 9. The number of guanidine groups is 1. The molecule has 0 saturated carbocycles. The van der Waals surface area contributed by atoms with E-state index in [0.29, 0.717) is 19.1 Å². The summed E-state index contributed by atoms with van der Waals surface area (Å²) in [6.45, 7) is 7.85. The Labute approximate surface area is 161 Å². The first-order valence-corrected chi connectivity index (χ1v) is 9.82. The van der Waals surface area contributed by atoms with Gasteiger partial charge in [-0.3, -0.25) is 4.99 Å². The van der Waals surface area contributed by atoms with Crippen LogP contribution in [0.25, 0.3) is 5.65 Å². The molecule has 0 amide bonds. The molecule has 1 aliphatic heterocycles. The summed E-state index contributed by atoms with van der Waals surface area (Å²) in [6.07, 6.45) is 6.09. The minimum absolute atomic E-state index is 0.559. The zero-order valence-corrected chi connectivity index (χ0v) is 16.4. The fraction of sp³-hybridized carbons (Fsp3) is 0.600. The number of nitrogens with one attached hydrogen (secondary N) is 1. The molecule has 27 heavy (non-hydrogen) atoms. The summed E-state index contributed by atoms with van der Waals surface area (Å²) in [5.41, 5.74) is 2.06. The standard InChI is InChI=1S/C20H31N5O2/c1-3-21-20(25-11-8-17(14-25)16-27-13-12-26-2)22-9-7-18-15-24-10-5-4-6-19(24)23-18/h4-6,10,15,17H,3,7-9,11-14,16H2,1-2H3,(H,21,22). The number of imidazole rings is 1. The minimum atomic E-state index is 0.559. The number of aromatic nitrogens is 2. The van der Waals surface area contributed by atoms with Crippen molar-refractivity contribution in [3.8, 4) is 0 Å². The van der Waals surface area contributed by atoms with Gasteiger partial charge in [-0.2, -0.15) is 0 Å². The molecule has 0 aliphatic carbocycles. The molecule has 3 rings (SSSR count). The van der Waals surface area contributed by atoms with Gasteiger partial charge in [0.15, 0.2) is 5.96 Å². The highest BCUT2D eigenvalue weighted by atomic mass is 16.5. The molecule has 3 heterocycles. The second-order valence-corrected chi connectivity index (χ2v) is 6.85. The van der Waals surface area contributed by atoms with Crippen molar-refractivity contribution in [2.24, 2.45) is 10.9 Å². The molecular weight excluding hydrogens is 342 g/mol. The second kappa shape index (κ2) is 10.3. The van der Waals surface area contributed by atoms with Crippen LogP contribution in [0, 0.1) is 5.92 Å². The molecule has 1 atom stereocenters. The molecule has 7 nitrogen and oxygen atoms in total. The van der Waals surface area contributed by atoms with Crippen LogP contribution in [-0.2, 0) is 15.9 Å².